The van der Waals surface area contributed by atoms with Crippen LogP contribution in [0, 0.1) is 0 Å². The molecule has 2 aromatic rings. The maximum absolute atomic E-state index is 4.57. The molecule has 0 bridgehead atoms. The van der Waals surface area contributed by atoms with Gasteiger partial charge < -0.3 is 0 Å². The lowest BCUT2D eigenvalue weighted by Crippen LogP contribution is -2.10. The largest absolute Gasteiger partial charge is 0.221 e. The molecule has 0 aliphatic carbocycles. The van der Waals surface area contributed by atoms with E-state index in [1.54, 1.807) is 6.33 Å². The molecule has 0 saturated heterocycles. The summed E-state index contributed by atoms with van der Waals surface area (Å²) in [4.78, 5) is 8.86. The quantitative estimate of drug-likeness (QED) is 0.539. The van der Waals surface area contributed by atoms with Crippen molar-refractivity contribution in [2.75, 3.05) is 0 Å². The molecule has 22 heavy (non-hydrogen) atoms. The predicted octanol–water partition coefficient (Wildman–Crippen LogP) is 5.15. The average molecular weight is 302 g/mol. The molecule has 0 aliphatic heterocycles. The second kappa shape index (κ2) is 9.54. The predicted molar refractivity (Wildman–Crippen MR) is 91.0 cm³/mol. The van der Waals surface area contributed by atoms with Crippen LogP contribution in [0.1, 0.15) is 89.8 Å². The summed E-state index contributed by atoms with van der Waals surface area (Å²) in [6.07, 6.45) is 16.4. The maximum atomic E-state index is 4.57. The van der Waals surface area contributed by atoms with Crippen molar-refractivity contribution in [3.05, 3.63) is 24.4 Å². The minimum absolute atomic E-state index is 0.513. The SMILES string of the molecule is CCCCCCC(CCCCCC)c1ncnc2ccnn12. The summed E-state index contributed by atoms with van der Waals surface area (Å²) in [5, 5.41) is 4.42. The number of rotatable bonds is 11. The van der Waals surface area contributed by atoms with Crippen LogP contribution < -0.4 is 0 Å². The first kappa shape index (κ1) is 16.9. The van der Waals surface area contributed by atoms with E-state index in [4.69, 9.17) is 0 Å². The van der Waals surface area contributed by atoms with E-state index in [0.29, 0.717) is 5.92 Å². The van der Waals surface area contributed by atoms with Crippen molar-refractivity contribution >= 4 is 5.65 Å². The highest BCUT2D eigenvalue weighted by molar-refractivity contribution is 5.35. The zero-order valence-electron chi connectivity index (χ0n) is 14.2. The van der Waals surface area contributed by atoms with Gasteiger partial charge in [0.25, 0.3) is 0 Å². The zero-order valence-corrected chi connectivity index (χ0v) is 14.2. The molecule has 0 amide bonds. The van der Waals surface area contributed by atoms with E-state index in [0.717, 1.165) is 11.5 Å². The third-order valence-corrected chi connectivity index (χ3v) is 4.40. The number of nitrogens with zero attached hydrogens (tertiary/aromatic N) is 4. The zero-order chi connectivity index (χ0) is 15.6. The van der Waals surface area contributed by atoms with Crippen LogP contribution in [-0.2, 0) is 0 Å². The normalized spacial score (nSPS) is 11.6. The Morgan fingerprint density at radius 2 is 1.59 bits per heavy atom. The molecular formula is C18H30N4. The standard InChI is InChI=1S/C18H30N4/c1-3-5-7-9-11-16(12-10-8-6-4-2)18-20-15-19-17-13-14-21-22(17)18/h13-16H,3-12H2,1-2H3. The fourth-order valence-electron chi connectivity index (χ4n) is 3.09. The van der Waals surface area contributed by atoms with Crippen LogP contribution in [0.15, 0.2) is 18.6 Å². The monoisotopic (exact) mass is 302 g/mol. The molecule has 4 heteroatoms. The fourth-order valence-corrected chi connectivity index (χ4v) is 3.09. The van der Waals surface area contributed by atoms with Crippen molar-refractivity contribution in [2.24, 2.45) is 0 Å². The molecular weight excluding hydrogens is 272 g/mol. The number of hydrogen-bond donors (Lipinski definition) is 0. The van der Waals surface area contributed by atoms with Crippen molar-refractivity contribution in [1.29, 1.82) is 0 Å². The topological polar surface area (TPSA) is 43.1 Å². The Kier molecular flexibility index (Phi) is 7.34. The lowest BCUT2D eigenvalue weighted by Gasteiger charge is -2.17. The van der Waals surface area contributed by atoms with Gasteiger partial charge in [-0.2, -0.15) is 5.10 Å². The van der Waals surface area contributed by atoms with Crippen molar-refractivity contribution in [3.63, 3.8) is 0 Å². The molecule has 0 aromatic carbocycles. The number of hydrogen-bond acceptors (Lipinski definition) is 3. The summed E-state index contributed by atoms with van der Waals surface area (Å²) in [6.45, 7) is 4.53. The molecule has 2 aromatic heterocycles. The van der Waals surface area contributed by atoms with Gasteiger partial charge in [0.15, 0.2) is 5.65 Å². The van der Waals surface area contributed by atoms with Crippen molar-refractivity contribution in [3.8, 4) is 0 Å². The van der Waals surface area contributed by atoms with Crippen LogP contribution in [-0.4, -0.2) is 19.6 Å². The highest BCUT2D eigenvalue weighted by Crippen LogP contribution is 2.27. The van der Waals surface area contributed by atoms with Crippen LogP contribution in [0.25, 0.3) is 5.65 Å². The van der Waals surface area contributed by atoms with Gasteiger partial charge in [-0.15, -0.1) is 0 Å². The van der Waals surface area contributed by atoms with Gasteiger partial charge >= 0.3 is 0 Å². The maximum Gasteiger partial charge on any atom is 0.158 e. The average Bonchev–Trinajstić information content (AvgIpc) is 3.02. The van der Waals surface area contributed by atoms with Crippen molar-refractivity contribution < 1.29 is 0 Å². The van der Waals surface area contributed by atoms with Gasteiger partial charge in [0.05, 0.1) is 6.20 Å². The van der Waals surface area contributed by atoms with Gasteiger partial charge in [-0.25, -0.2) is 14.5 Å². The van der Waals surface area contributed by atoms with E-state index in [-0.39, 0.29) is 0 Å². The third-order valence-electron chi connectivity index (χ3n) is 4.40. The van der Waals surface area contributed by atoms with Gasteiger partial charge in [0.1, 0.15) is 12.2 Å². The third kappa shape index (κ3) is 4.79. The van der Waals surface area contributed by atoms with E-state index in [1.807, 2.05) is 16.8 Å². The Hall–Kier alpha value is -1.45. The molecule has 122 valence electrons. The fraction of sp³-hybridized carbons (Fsp3) is 0.722. The lowest BCUT2D eigenvalue weighted by molar-refractivity contribution is 0.469. The number of unbranched alkanes of at least 4 members (excludes halogenated alkanes) is 6. The van der Waals surface area contributed by atoms with Crippen molar-refractivity contribution in [1.82, 2.24) is 19.6 Å². The molecule has 0 saturated carbocycles. The Labute approximate surface area is 134 Å². The minimum Gasteiger partial charge on any atom is -0.221 e. The van der Waals surface area contributed by atoms with Crippen LogP contribution in [0.4, 0.5) is 0 Å². The summed E-state index contributed by atoms with van der Waals surface area (Å²) in [7, 11) is 0. The highest BCUT2D eigenvalue weighted by atomic mass is 15.3. The first-order chi connectivity index (χ1) is 10.9. The molecule has 2 heterocycles. The van der Waals surface area contributed by atoms with E-state index < -0.39 is 0 Å². The molecule has 0 fully saturated rings. The van der Waals surface area contributed by atoms with Gasteiger partial charge in [-0.05, 0) is 12.8 Å². The van der Waals surface area contributed by atoms with E-state index in [1.165, 1.54) is 64.2 Å². The molecule has 0 aliphatic rings. The summed E-state index contributed by atoms with van der Waals surface area (Å²) in [6, 6.07) is 1.95. The van der Waals surface area contributed by atoms with E-state index >= 15 is 0 Å². The van der Waals surface area contributed by atoms with Gasteiger partial charge in [-0.3, -0.25) is 0 Å². The molecule has 2 rings (SSSR count). The summed E-state index contributed by atoms with van der Waals surface area (Å²) < 4.78 is 1.93. The smallest absolute Gasteiger partial charge is 0.158 e. The molecule has 0 unspecified atom stereocenters. The van der Waals surface area contributed by atoms with Crippen LogP contribution in [0.3, 0.4) is 0 Å². The van der Waals surface area contributed by atoms with Crippen LogP contribution in [0.2, 0.25) is 0 Å². The Bertz CT molecular complexity index is 523. The first-order valence-electron chi connectivity index (χ1n) is 9.01. The molecule has 0 N–H and O–H groups in total. The molecule has 0 atom stereocenters. The Balaban J connectivity index is 2.03. The van der Waals surface area contributed by atoms with Crippen LogP contribution >= 0.6 is 0 Å². The van der Waals surface area contributed by atoms with Gasteiger partial charge in [-0.1, -0.05) is 65.2 Å². The highest BCUT2D eigenvalue weighted by Gasteiger charge is 2.16. The number of fused-ring (bicyclic) bond motifs is 1. The second-order valence-electron chi connectivity index (χ2n) is 6.23. The summed E-state index contributed by atoms with van der Waals surface area (Å²) in [5.41, 5.74) is 0.914. The summed E-state index contributed by atoms with van der Waals surface area (Å²) in [5.74, 6) is 1.61. The van der Waals surface area contributed by atoms with Crippen molar-refractivity contribution in [2.45, 2.75) is 84.0 Å². The molecule has 4 nitrogen and oxygen atoms in total. The molecule has 0 radical (unpaired) electrons. The van der Waals surface area contributed by atoms with Gasteiger partial charge in [0, 0.05) is 12.0 Å². The number of aromatic nitrogens is 4. The molecule has 0 spiro atoms. The first-order valence-corrected chi connectivity index (χ1v) is 9.01. The van der Waals surface area contributed by atoms with Crippen LogP contribution in [0.5, 0.6) is 0 Å². The minimum atomic E-state index is 0.513. The Morgan fingerprint density at radius 1 is 0.909 bits per heavy atom. The van der Waals surface area contributed by atoms with E-state index in [2.05, 4.69) is 28.9 Å². The lowest BCUT2D eigenvalue weighted by atomic mass is 9.93. The van der Waals surface area contributed by atoms with Gasteiger partial charge in [0.2, 0.25) is 0 Å². The second-order valence-corrected chi connectivity index (χ2v) is 6.23. The van der Waals surface area contributed by atoms with E-state index in [9.17, 15) is 0 Å². The Morgan fingerprint density at radius 3 is 2.23 bits per heavy atom. The summed E-state index contributed by atoms with van der Waals surface area (Å²) >= 11 is 0.